The van der Waals surface area contributed by atoms with Gasteiger partial charge in [0.15, 0.2) is 0 Å². The van der Waals surface area contributed by atoms with E-state index in [1.165, 1.54) is 5.56 Å². The minimum absolute atomic E-state index is 0.204. The highest BCUT2D eigenvalue weighted by Gasteiger charge is 2.15. The summed E-state index contributed by atoms with van der Waals surface area (Å²) < 4.78 is 0. The van der Waals surface area contributed by atoms with Gasteiger partial charge in [0.1, 0.15) is 0 Å². The van der Waals surface area contributed by atoms with Crippen LogP contribution in [0.15, 0.2) is 30.3 Å². The van der Waals surface area contributed by atoms with Crippen LogP contribution in [-0.4, -0.2) is 6.10 Å². The molecular weight excluding hydrogens is 186 g/mol. The molecule has 1 aromatic carbocycles. The van der Waals surface area contributed by atoms with E-state index in [2.05, 4.69) is 43.6 Å². The monoisotopic (exact) mass is 207 g/mol. The highest BCUT2D eigenvalue weighted by molar-refractivity contribution is 5.18. The van der Waals surface area contributed by atoms with Gasteiger partial charge in [0, 0.05) is 0 Å². The van der Waals surface area contributed by atoms with Crippen molar-refractivity contribution < 1.29 is 4.84 Å². The molecule has 0 spiro atoms. The summed E-state index contributed by atoms with van der Waals surface area (Å²) in [4.78, 5) is 5.47. The van der Waals surface area contributed by atoms with E-state index in [0.29, 0.717) is 5.92 Å². The number of hydrogen-bond donors (Lipinski definition) is 1. The fourth-order valence-electron chi connectivity index (χ4n) is 1.46. The topological polar surface area (TPSA) is 21.3 Å². The highest BCUT2D eigenvalue weighted by atomic mass is 16.7. The van der Waals surface area contributed by atoms with Gasteiger partial charge in [-0.15, -0.1) is 0 Å². The average Bonchev–Trinajstić information content (AvgIpc) is 2.18. The SMILES string of the molecule is CC(C)ONC(c1ccccc1)C(C)C. The molecule has 0 heterocycles. The summed E-state index contributed by atoms with van der Waals surface area (Å²) in [7, 11) is 0. The minimum atomic E-state index is 0.204. The molecule has 0 aliphatic heterocycles. The molecular formula is C13H21NO. The Balaban J connectivity index is 2.66. The van der Waals surface area contributed by atoms with E-state index < -0.39 is 0 Å². The summed E-state index contributed by atoms with van der Waals surface area (Å²) in [5.41, 5.74) is 4.41. The largest absolute Gasteiger partial charge is 0.298 e. The van der Waals surface area contributed by atoms with Crippen molar-refractivity contribution in [2.45, 2.75) is 39.8 Å². The first-order valence-corrected chi connectivity index (χ1v) is 5.57. The standard InChI is InChI=1S/C13H21NO/c1-10(2)13(14-15-11(3)4)12-8-6-5-7-9-12/h5-11,13-14H,1-4H3. The molecule has 2 nitrogen and oxygen atoms in total. The zero-order valence-corrected chi connectivity index (χ0v) is 10.0. The lowest BCUT2D eigenvalue weighted by Gasteiger charge is -2.23. The normalized spacial score (nSPS) is 13.5. The molecule has 84 valence electrons. The van der Waals surface area contributed by atoms with Crippen molar-refractivity contribution in [3.63, 3.8) is 0 Å². The number of rotatable bonds is 5. The second-order valence-corrected chi connectivity index (χ2v) is 4.42. The lowest BCUT2D eigenvalue weighted by atomic mass is 9.97. The first-order chi connectivity index (χ1) is 7.11. The molecule has 0 fully saturated rings. The number of hydroxylamine groups is 1. The van der Waals surface area contributed by atoms with Crippen LogP contribution in [0.1, 0.15) is 39.3 Å². The fraction of sp³-hybridized carbons (Fsp3) is 0.538. The van der Waals surface area contributed by atoms with E-state index in [-0.39, 0.29) is 12.1 Å². The Morgan fingerprint density at radius 1 is 1.00 bits per heavy atom. The number of hydrogen-bond acceptors (Lipinski definition) is 2. The summed E-state index contributed by atoms with van der Waals surface area (Å²) in [5, 5.41) is 0. The predicted molar refractivity (Wildman–Crippen MR) is 63.4 cm³/mol. The van der Waals surface area contributed by atoms with Crippen molar-refractivity contribution in [3.05, 3.63) is 35.9 Å². The first kappa shape index (κ1) is 12.2. The van der Waals surface area contributed by atoms with Crippen LogP contribution in [0.2, 0.25) is 0 Å². The minimum Gasteiger partial charge on any atom is -0.298 e. The highest BCUT2D eigenvalue weighted by Crippen LogP contribution is 2.21. The lowest BCUT2D eigenvalue weighted by molar-refractivity contribution is -0.0355. The molecule has 1 aromatic rings. The van der Waals surface area contributed by atoms with Gasteiger partial charge >= 0.3 is 0 Å². The van der Waals surface area contributed by atoms with Crippen molar-refractivity contribution in [1.29, 1.82) is 0 Å². The van der Waals surface area contributed by atoms with Crippen molar-refractivity contribution >= 4 is 0 Å². The van der Waals surface area contributed by atoms with E-state index in [9.17, 15) is 0 Å². The average molecular weight is 207 g/mol. The third-order valence-corrected chi connectivity index (χ3v) is 2.26. The molecule has 1 atom stereocenters. The van der Waals surface area contributed by atoms with Crippen LogP contribution < -0.4 is 5.48 Å². The molecule has 0 aromatic heterocycles. The maximum Gasteiger partial charge on any atom is 0.0734 e. The second kappa shape index (κ2) is 5.89. The molecule has 1 unspecified atom stereocenters. The molecule has 0 aliphatic rings. The van der Waals surface area contributed by atoms with Crippen molar-refractivity contribution in [2.24, 2.45) is 5.92 Å². The summed E-state index contributed by atoms with van der Waals surface area (Å²) in [6, 6.07) is 10.7. The van der Waals surface area contributed by atoms with E-state index in [0.717, 1.165) is 0 Å². The maximum atomic E-state index is 5.47. The van der Waals surface area contributed by atoms with Gasteiger partial charge in [0.25, 0.3) is 0 Å². The molecule has 0 saturated carbocycles. The molecule has 0 radical (unpaired) electrons. The van der Waals surface area contributed by atoms with Gasteiger partial charge in [-0.25, -0.2) is 0 Å². The summed E-state index contributed by atoms with van der Waals surface area (Å²) in [5.74, 6) is 0.506. The third kappa shape index (κ3) is 4.02. The zero-order valence-electron chi connectivity index (χ0n) is 10.0. The molecule has 2 heteroatoms. The maximum absolute atomic E-state index is 5.47. The van der Waals surface area contributed by atoms with Crippen LogP contribution >= 0.6 is 0 Å². The molecule has 1 N–H and O–H groups in total. The molecule has 0 bridgehead atoms. The molecule has 0 saturated heterocycles. The molecule has 1 rings (SSSR count). The zero-order chi connectivity index (χ0) is 11.3. The Morgan fingerprint density at radius 3 is 2.07 bits per heavy atom. The fourth-order valence-corrected chi connectivity index (χ4v) is 1.46. The van der Waals surface area contributed by atoms with Crippen molar-refractivity contribution in [3.8, 4) is 0 Å². The Morgan fingerprint density at radius 2 is 1.60 bits per heavy atom. The van der Waals surface area contributed by atoms with Crippen LogP contribution in [0.5, 0.6) is 0 Å². The molecule has 0 aliphatic carbocycles. The second-order valence-electron chi connectivity index (χ2n) is 4.42. The predicted octanol–water partition coefficient (Wildman–Crippen LogP) is 3.31. The van der Waals surface area contributed by atoms with E-state index in [1.807, 2.05) is 19.9 Å². The smallest absolute Gasteiger partial charge is 0.0734 e. The summed E-state index contributed by atoms with van der Waals surface area (Å²) in [6.45, 7) is 8.42. The summed E-state index contributed by atoms with van der Waals surface area (Å²) in [6.07, 6.45) is 0.204. The summed E-state index contributed by atoms with van der Waals surface area (Å²) >= 11 is 0. The quantitative estimate of drug-likeness (QED) is 0.748. The van der Waals surface area contributed by atoms with Gasteiger partial charge in [-0.1, -0.05) is 44.2 Å². The number of benzene rings is 1. The van der Waals surface area contributed by atoms with Crippen LogP contribution in [0, 0.1) is 5.92 Å². The van der Waals surface area contributed by atoms with Gasteiger partial charge in [0.05, 0.1) is 12.1 Å². The number of nitrogens with one attached hydrogen (secondary N) is 1. The Kier molecular flexibility index (Phi) is 4.79. The van der Waals surface area contributed by atoms with E-state index in [4.69, 9.17) is 4.84 Å². The van der Waals surface area contributed by atoms with Crippen LogP contribution in [0.25, 0.3) is 0 Å². The van der Waals surface area contributed by atoms with Gasteiger partial charge in [-0.3, -0.25) is 4.84 Å². The van der Waals surface area contributed by atoms with Gasteiger partial charge < -0.3 is 0 Å². The van der Waals surface area contributed by atoms with Gasteiger partial charge in [-0.05, 0) is 25.3 Å². The van der Waals surface area contributed by atoms with Gasteiger partial charge in [-0.2, -0.15) is 5.48 Å². The first-order valence-electron chi connectivity index (χ1n) is 5.57. The van der Waals surface area contributed by atoms with Crippen molar-refractivity contribution in [1.82, 2.24) is 5.48 Å². The Bertz CT molecular complexity index is 269. The van der Waals surface area contributed by atoms with E-state index in [1.54, 1.807) is 0 Å². The van der Waals surface area contributed by atoms with Crippen LogP contribution in [0.3, 0.4) is 0 Å². The van der Waals surface area contributed by atoms with Crippen LogP contribution in [0.4, 0.5) is 0 Å². The molecule has 15 heavy (non-hydrogen) atoms. The Labute approximate surface area is 92.6 Å². The van der Waals surface area contributed by atoms with E-state index >= 15 is 0 Å². The lowest BCUT2D eigenvalue weighted by Crippen LogP contribution is -2.28. The molecule has 0 amide bonds. The van der Waals surface area contributed by atoms with Gasteiger partial charge in [0.2, 0.25) is 0 Å². The Hall–Kier alpha value is -0.860. The van der Waals surface area contributed by atoms with Crippen molar-refractivity contribution in [2.75, 3.05) is 0 Å². The van der Waals surface area contributed by atoms with Crippen LogP contribution in [-0.2, 0) is 4.84 Å². The third-order valence-electron chi connectivity index (χ3n) is 2.26.